The Balaban J connectivity index is 2.14. The van der Waals surface area contributed by atoms with Gasteiger partial charge in [0.05, 0.1) is 4.90 Å². The number of rotatable bonds is 8. The molecular formula is C20H27N3O3S. The van der Waals surface area contributed by atoms with Crippen LogP contribution in [0.5, 0.6) is 0 Å². The van der Waals surface area contributed by atoms with E-state index in [0.29, 0.717) is 13.0 Å². The lowest BCUT2D eigenvalue weighted by Crippen LogP contribution is -2.47. The Morgan fingerprint density at radius 1 is 1.15 bits per heavy atom. The molecule has 1 amide bonds. The number of nitrogens with one attached hydrogen (secondary N) is 2. The molecule has 1 atom stereocenters. The van der Waals surface area contributed by atoms with E-state index in [0.717, 1.165) is 16.7 Å². The molecule has 1 aromatic heterocycles. The molecule has 0 spiro atoms. The molecule has 0 aliphatic heterocycles. The van der Waals surface area contributed by atoms with Gasteiger partial charge in [-0.05, 0) is 61.1 Å². The van der Waals surface area contributed by atoms with Gasteiger partial charge in [0.2, 0.25) is 15.9 Å². The maximum Gasteiger partial charge on any atom is 0.241 e. The van der Waals surface area contributed by atoms with E-state index in [-0.39, 0.29) is 16.7 Å². The molecule has 2 rings (SSSR count). The minimum atomic E-state index is -3.80. The molecule has 146 valence electrons. The van der Waals surface area contributed by atoms with Gasteiger partial charge in [-0.25, -0.2) is 8.42 Å². The van der Waals surface area contributed by atoms with Crippen LogP contribution in [0.25, 0.3) is 0 Å². The number of amides is 1. The van der Waals surface area contributed by atoms with Gasteiger partial charge < -0.3 is 5.32 Å². The largest absolute Gasteiger partial charge is 0.351 e. The van der Waals surface area contributed by atoms with Crippen molar-refractivity contribution in [2.45, 2.75) is 51.6 Å². The van der Waals surface area contributed by atoms with Crippen LogP contribution in [-0.4, -0.2) is 25.4 Å². The molecule has 2 N–H and O–H groups in total. The number of aromatic nitrogens is 1. The van der Waals surface area contributed by atoms with Crippen LogP contribution in [0, 0.1) is 19.8 Å². The molecular weight excluding hydrogens is 362 g/mol. The summed E-state index contributed by atoms with van der Waals surface area (Å²) >= 11 is 0. The lowest BCUT2D eigenvalue weighted by molar-refractivity contribution is -0.123. The number of sulfonamides is 1. The maximum atomic E-state index is 12.8. The number of hydrogen-bond acceptors (Lipinski definition) is 4. The number of benzene rings is 1. The van der Waals surface area contributed by atoms with E-state index >= 15 is 0 Å². The second-order valence-corrected chi connectivity index (χ2v) is 8.84. The smallest absolute Gasteiger partial charge is 0.241 e. The Morgan fingerprint density at radius 2 is 1.89 bits per heavy atom. The van der Waals surface area contributed by atoms with Crippen molar-refractivity contribution in [3.8, 4) is 0 Å². The van der Waals surface area contributed by atoms with Crippen LogP contribution in [0.1, 0.15) is 37.0 Å². The van der Waals surface area contributed by atoms with Gasteiger partial charge in [-0.15, -0.1) is 0 Å². The molecule has 0 radical (unpaired) electrons. The van der Waals surface area contributed by atoms with E-state index in [1.54, 1.807) is 36.7 Å². The fraction of sp³-hybridized carbons (Fsp3) is 0.400. The van der Waals surface area contributed by atoms with Crippen molar-refractivity contribution in [2.24, 2.45) is 5.92 Å². The zero-order valence-electron chi connectivity index (χ0n) is 16.2. The van der Waals surface area contributed by atoms with Crippen molar-refractivity contribution in [3.63, 3.8) is 0 Å². The number of carbonyl (C=O) groups is 1. The Labute approximate surface area is 161 Å². The van der Waals surface area contributed by atoms with Crippen LogP contribution in [0.15, 0.2) is 47.6 Å². The van der Waals surface area contributed by atoms with E-state index in [2.05, 4.69) is 15.0 Å². The van der Waals surface area contributed by atoms with Crippen LogP contribution < -0.4 is 10.0 Å². The molecule has 0 unspecified atom stereocenters. The van der Waals surface area contributed by atoms with Crippen molar-refractivity contribution >= 4 is 15.9 Å². The molecule has 1 aromatic carbocycles. The monoisotopic (exact) mass is 389 g/mol. The van der Waals surface area contributed by atoms with Crippen LogP contribution in [0.3, 0.4) is 0 Å². The first-order valence-electron chi connectivity index (χ1n) is 8.95. The molecule has 0 saturated carbocycles. The van der Waals surface area contributed by atoms with Gasteiger partial charge in [-0.3, -0.25) is 9.78 Å². The van der Waals surface area contributed by atoms with Crippen molar-refractivity contribution in [2.75, 3.05) is 0 Å². The van der Waals surface area contributed by atoms with Gasteiger partial charge >= 0.3 is 0 Å². The second kappa shape index (κ2) is 9.10. The summed E-state index contributed by atoms with van der Waals surface area (Å²) in [5, 5.41) is 2.79. The summed E-state index contributed by atoms with van der Waals surface area (Å²) in [5.41, 5.74) is 2.76. The third kappa shape index (κ3) is 6.15. The van der Waals surface area contributed by atoms with Crippen molar-refractivity contribution in [1.29, 1.82) is 0 Å². The van der Waals surface area contributed by atoms with E-state index in [9.17, 15) is 13.2 Å². The van der Waals surface area contributed by atoms with Gasteiger partial charge in [0.1, 0.15) is 6.04 Å². The van der Waals surface area contributed by atoms with E-state index in [1.807, 2.05) is 33.8 Å². The molecule has 0 bridgehead atoms. The highest BCUT2D eigenvalue weighted by Crippen LogP contribution is 2.16. The quantitative estimate of drug-likeness (QED) is 0.727. The average molecular weight is 390 g/mol. The predicted molar refractivity (Wildman–Crippen MR) is 106 cm³/mol. The van der Waals surface area contributed by atoms with E-state index < -0.39 is 16.1 Å². The molecule has 27 heavy (non-hydrogen) atoms. The van der Waals surface area contributed by atoms with Crippen LogP contribution in [-0.2, 0) is 21.4 Å². The molecule has 0 aliphatic rings. The summed E-state index contributed by atoms with van der Waals surface area (Å²) in [6.45, 7) is 7.98. The zero-order valence-corrected chi connectivity index (χ0v) is 17.0. The molecule has 2 aromatic rings. The maximum absolute atomic E-state index is 12.8. The summed E-state index contributed by atoms with van der Waals surface area (Å²) in [6, 6.07) is 7.75. The van der Waals surface area contributed by atoms with Crippen LogP contribution >= 0.6 is 0 Å². The van der Waals surface area contributed by atoms with Crippen molar-refractivity contribution in [1.82, 2.24) is 15.0 Å². The first-order valence-corrected chi connectivity index (χ1v) is 10.4. The number of carbonyl (C=O) groups excluding carboxylic acids is 1. The number of hydrogen-bond donors (Lipinski definition) is 2. The lowest BCUT2D eigenvalue weighted by Gasteiger charge is -2.20. The molecule has 7 heteroatoms. The molecule has 1 heterocycles. The average Bonchev–Trinajstić information content (AvgIpc) is 2.61. The fourth-order valence-corrected chi connectivity index (χ4v) is 3.92. The highest BCUT2D eigenvalue weighted by Gasteiger charge is 2.26. The van der Waals surface area contributed by atoms with Crippen molar-refractivity contribution in [3.05, 3.63) is 59.4 Å². The summed E-state index contributed by atoms with van der Waals surface area (Å²) in [6.07, 6.45) is 3.73. The predicted octanol–water partition coefficient (Wildman–Crippen LogP) is 2.71. The summed E-state index contributed by atoms with van der Waals surface area (Å²) in [4.78, 5) is 16.8. The van der Waals surface area contributed by atoms with E-state index in [1.165, 1.54) is 0 Å². The first kappa shape index (κ1) is 21.1. The normalized spacial score (nSPS) is 12.8. The van der Waals surface area contributed by atoms with Gasteiger partial charge in [0.25, 0.3) is 0 Å². The molecule has 0 saturated heterocycles. The Hall–Kier alpha value is -2.25. The minimum Gasteiger partial charge on any atom is -0.351 e. The zero-order chi connectivity index (χ0) is 20.0. The third-order valence-electron chi connectivity index (χ3n) is 4.30. The SMILES string of the molecule is Cc1ccc(S(=O)(=O)N[C@@H](CC(C)C)C(=O)NCc2cccnc2)cc1C. The molecule has 6 nitrogen and oxygen atoms in total. The minimum absolute atomic E-state index is 0.154. The number of pyridine rings is 1. The summed E-state index contributed by atoms with van der Waals surface area (Å²) < 4.78 is 28.1. The first-order chi connectivity index (χ1) is 12.7. The molecule has 0 aliphatic carbocycles. The fourth-order valence-electron chi connectivity index (χ4n) is 2.63. The molecule has 0 fully saturated rings. The summed E-state index contributed by atoms with van der Waals surface area (Å²) in [5.74, 6) is -0.193. The number of aryl methyl sites for hydroxylation is 2. The van der Waals surface area contributed by atoms with Crippen LogP contribution in [0.4, 0.5) is 0 Å². The van der Waals surface area contributed by atoms with Gasteiger partial charge in [-0.2, -0.15) is 4.72 Å². The van der Waals surface area contributed by atoms with Gasteiger partial charge in [-0.1, -0.05) is 26.0 Å². The Kier molecular flexibility index (Phi) is 7.10. The van der Waals surface area contributed by atoms with E-state index in [4.69, 9.17) is 0 Å². The Bertz CT molecular complexity index is 881. The topological polar surface area (TPSA) is 88.2 Å². The van der Waals surface area contributed by atoms with Crippen molar-refractivity contribution < 1.29 is 13.2 Å². The highest BCUT2D eigenvalue weighted by atomic mass is 32.2. The standard InChI is InChI=1S/C20H27N3O3S/c1-14(2)10-19(20(24)22-13-17-6-5-9-21-12-17)23-27(25,26)18-8-7-15(3)16(4)11-18/h5-9,11-12,14,19,23H,10,13H2,1-4H3,(H,22,24)/t19-/m0/s1. The number of nitrogens with zero attached hydrogens (tertiary/aromatic N) is 1. The van der Waals surface area contributed by atoms with Crippen LogP contribution in [0.2, 0.25) is 0 Å². The third-order valence-corrected chi connectivity index (χ3v) is 5.77. The van der Waals surface area contributed by atoms with Gasteiger partial charge in [0, 0.05) is 18.9 Å². The highest BCUT2D eigenvalue weighted by molar-refractivity contribution is 7.89. The lowest BCUT2D eigenvalue weighted by atomic mass is 10.0. The Morgan fingerprint density at radius 3 is 2.48 bits per heavy atom. The summed E-state index contributed by atoms with van der Waals surface area (Å²) in [7, 11) is -3.80. The van der Waals surface area contributed by atoms with Gasteiger partial charge in [0.15, 0.2) is 0 Å². The second-order valence-electron chi connectivity index (χ2n) is 7.13.